The molecule has 112 valence electrons. The van der Waals surface area contributed by atoms with Crippen LogP contribution >= 0.6 is 0 Å². The quantitative estimate of drug-likeness (QED) is 0.464. The number of amides is 1. The van der Waals surface area contributed by atoms with Gasteiger partial charge in [-0.15, -0.1) is 0 Å². The van der Waals surface area contributed by atoms with Crippen molar-refractivity contribution < 1.29 is 23.7 Å². The van der Waals surface area contributed by atoms with E-state index in [9.17, 15) is 4.79 Å². The van der Waals surface area contributed by atoms with Crippen molar-refractivity contribution in [3.8, 4) is 0 Å². The van der Waals surface area contributed by atoms with Gasteiger partial charge in [-0.3, -0.25) is 4.79 Å². The summed E-state index contributed by atoms with van der Waals surface area (Å²) in [6.07, 6.45) is 2.38. The number of nitrogens with zero attached hydrogens (tertiary/aromatic N) is 1. The van der Waals surface area contributed by atoms with Crippen molar-refractivity contribution in [2.24, 2.45) is 0 Å². The molecule has 0 aromatic heterocycles. The Morgan fingerprint density at radius 2 is 1.53 bits per heavy atom. The number of hydrogen-bond acceptors (Lipinski definition) is 5. The second-order valence-electron chi connectivity index (χ2n) is 4.59. The maximum atomic E-state index is 12.1. The third-order valence-electron chi connectivity index (χ3n) is 3.23. The van der Waals surface area contributed by atoms with Gasteiger partial charge in [-0.25, -0.2) is 0 Å². The topological polar surface area (TPSA) is 57.2 Å². The highest BCUT2D eigenvalue weighted by molar-refractivity contribution is 5.77. The Balaban J connectivity index is 2.49. The van der Waals surface area contributed by atoms with Crippen LogP contribution in [0.5, 0.6) is 0 Å². The Bertz CT molecular complexity index is 243. The van der Waals surface area contributed by atoms with Gasteiger partial charge in [0.25, 0.3) is 0 Å². The van der Waals surface area contributed by atoms with Crippen molar-refractivity contribution >= 4 is 5.91 Å². The molecule has 1 rings (SSSR count). The first-order chi connectivity index (χ1) is 9.24. The van der Waals surface area contributed by atoms with Crippen LogP contribution < -0.4 is 0 Å². The molecule has 1 saturated heterocycles. The average molecular weight is 275 g/mol. The number of hydrogen-bond donors (Lipinski definition) is 0. The van der Waals surface area contributed by atoms with Crippen LogP contribution in [0.4, 0.5) is 0 Å². The van der Waals surface area contributed by atoms with Crippen LogP contribution in [0.15, 0.2) is 0 Å². The predicted octanol–water partition coefficient (Wildman–Crippen LogP) is 0.997. The van der Waals surface area contributed by atoms with Crippen LogP contribution in [0.1, 0.15) is 26.2 Å². The second kappa shape index (κ2) is 9.25. The summed E-state index contributed by atoms with van der Waals surface area (Å²) >= 11 is 0. The van der Waals surface area contributed by atoms with E-state index in [1.165, 1.54) is 0 Å². The molecule has 1 amide bonds. The lowest BCUT2D eigenvalue weighted by molar-refractivity contribution is -0.139. The Kier molecular flexibility index (Phi) is 7.97. The molecule has 0 bridgehead atoms. The molecule has 0 spiro atoms. The van der Waals surface area contributed by atoms with Gasteiger partial charge in [0.1, 0.15) is 13.6 Å². The van der Waals surface area contributed by atoms with Crippen LogP contribution in [-0.2, 0) is 23.7 Å². The molecular weight excluding hydrogens is 250 g/mol. The van der Waals surface area contributed by atoms with E-state index in [1.807, 2.05) is 11.8 Å². The molecule has 1 aliphatic rings. The van der Waals surface area contributed by atoms with Crippen molar-refractivity contribution in [1.29, 1.82) is 0 Å². The SMILES string of the molecule is CCC(=O)N1[C@H](COCOC)CC[C@H]1COCOC. The maximum Gasteiger partial charge on any atom is 0.222 e. The number of likely N-dealkylation sites (tertiary alicyclic amines) is 1. The molecule has 2 atom stereocenters. The monoisotopic (exact) mass is 275 g/mol. The van der Waals surface area contributed by atoms with Crippen LogP contribution in [-0.4, -0.2) is 63.9 Å². The first kappa shape index (κ1) is 16.4. The van der Waals surface area contributed by atoms with Crippen molar-refractivity contribution in [1.82, 2.24) is 4.90 Å². The number of ether oxygens (including phenoxy) is 4. The van der Waals surface area contributed by atoms with Gasteiger partial charge in [0.2, 0.25) is 5.91 Å². The summed E-state index contributed by atoms with van der Waals surface area (Å²) in [7, 11) is 3.18. The van der Waals surface area contributed by atoms with Gasteiger partial charge in [-0.2, -0.15) is 0 Å². The molecule has 0 unspecified atom stereocenters. The predicted molar refractivity (Wildman–Crippen MR) is 69.6 cm³/mol. The van der Waals surface area contributed by atoms with Crippen LogP contribution in [0.25, 0.3) is 0 Å². The molecule has 19 heavy (non-hydrogen) atoms. The molecule has 1 aliphatic heterocycles. The summed E-state index contributed by atoms with van der Waals surface area (Å²) in [5.74, 6) is 0.148. The van der Waals surface area contributed by atoms with Crippen molar-refractivity contribution in [2.45, 2.75) is 38.3 Å². The summed E-state index contributed by atoms with van der Waals surface area (Å²) in [4.78, 5) is 14.0. The Morgan fingerprint density at radius 3 is 1.89 bits per heavy atom. The van der Waals surface area contributed by atoms with E-state index in [0.717, 1.165) is 12.8 Å². The average Bonchev–Trinajstić information content (AvgIpc) is 2.82. The lowest BCUT2D eigenvalue weighted by Gasteiger charge is -2.30. The zero-order chi connectivity index (χ0) is 14.1. The van der Waals surface area contributed by atoms with Crippen LogP contribution in [0, 0.1) is 0 Å². The van der Waals surface area contributed by atoms with Gasteiger partial charge in [-0.05, 0) is 12.8 Å². The number of carbonyl (C=O) groups excluding carboxylic acids is 1. The molecule has 0 aromatic rings. The van der Waals surface area contributed by atoms with Gasteiger partial charge in [0.05, 0.1) is 25.3 Å². The molecule has 0 radical (unpaired) electrons. The van der Waals surface area contributed by atoms with Gasteiger partial charge < -0.3 is 23.8 Å². The van der Waals surface area contributed by atoms with Gasteiger partial charge in [0, 0.05) is 20.6 Å². The first-order valence-electron chi connectivity index (χ1n) is 6.69. The highest BCUT2D eigenvalue weighted by Gasteiger charge is 2.36. The Morgan fingerprint density at radius 1 is 1.05 bits per heavy atom. The molecule has 1 heterocycles. The number of rotatable bonds is 9. The van der Waals surface area contributed by atoms with Crippen LogP contribution in [0.3, 0.4) is 0 Å². The summed E-state index contributed by atoms with van der Waals surface area (Å²) in [6.45, 7) is 3.42. The summed E-state index contributed by atoms with van der Waals surface area (Å²) < 4.78 is 20.5. The summed E-state index contributed by atoms with van der Waals surface area (Å²) in [6, 6.07) is 0.248. The van der Waals surface area contributed by atoms with E-state index in [2.05, 4.69) is 0 Å². The van der Waals surface area contributed by atoms with Crippen molar-refractivity contribution in [2.75, 3.05) is 41.0 Å². The lowest BCUT2D eigenvalue weighted by atomic mass is 10.2. The van der Waals surface area contributed by atoms with Crippen molar-refractivity contribution in [3.63, 3.8) is 0 Å². The fraction of sp³-hybridized carbons (Fsp3) is 0.923. The standard InChI is InChI=1S/C13H25NO5/c1-4-13(15)14-11(7-18-9-16-2)5-6-12(14)8-19-10-17-3/h11-12H,4-10H2,1-3H3/t11-,12-/m0/s1. The van der Waals surface area contributed by atoms with E-state index in [-0.39, 0.29) is 31.6 Å². The number of carbonyl (C=O) groups is 1. The van der Waals surface area contributed by atoms with Crippen molar-refractivity contribution in [3.05, 3.63) is 0 Å². The molecule has 6 heteroatoms. The Hall–Kier alpha value is -0.690. The zero-order valence-electron chi connectivity index (χ0n) is 12.1. The van der Waals surface area contributed by atoms with Gasteiger partial charge >= 0.3 is 0 Å². The highest BCUT2D eigenvalue weighted by Crippen LogP contribution is 2.25. The molecule has 1 fully saturated rings. The minimum atomic E-state index is 0.124. The fourth-order valence-electron chi connectivity index (χ4n) is 2.41. The van der Waals surface area contributed by atoms with Gasteiger partial charge in [-0.1, -0.05) is 6.92 Å². The van der Waals surface area contributed by atoms with Gasteiger partial charge in [0.15, 0.2) is 0 Å². The fourth-order valence-corrected chi connectivity index (χ4v) is 2.41. The van der Waals surface area contributed by atoms with E-state index >= 15 is 0 Å². The lowest BCUT2D eigenvalue weighted by Crippen LogP contribution is -2.45. The van der Waals surface area contributed by atoms with E-state index in [4.69, 9.17) is 18.9 Å². The van der Waals surface area contributed by atoms with Crippen LogP contribution in [0.2, 0.25) is 0 Å². The molecule has 0 aromatic carbocycles. The molecular formula is C13H25NO5. The van der Waals surface area contributed by atoms with E-state index < -0.39 is 0 Å². The third-order valence-corrected chi connectivity index (χ3v) is 3.23. The summed E-state index contributed by atoms with van der Waals surface area (Å²) in [5, 5.41) is 0. The summed E-state index contributed by atoms with van der Waals surface area (Å²) in [5.41, 5.74) is 0. The number of methoxy groups -OCH3 is 2. The van der Waals surface area contributed by atoms with E-state index in [0.29, 0.717) is 19.6 Å². The normalized spacial score (nSPS) is 23.0. The highest BCUT2D eigenvalue weighted by atomic mass is 16.7. The minimum absolute atomic E-state index is 0.124. The molecule has 0 N–H and O–H groups in total. The molecule has 6 nitrogen and oxygen atoms in total. The molecule has 0 aliphatic carbocycles. The second-order valence-corrected chi connectivity index (χ2v) is 4.59. The maximum absolute atomic E-state index is 12.1. The Labute approximate surface area is 114 Å². The molecule has 0 saturated carbocycles. The minimum Gasteiger partial charge on any atom is -0.359 e. The largest absolute Gasteiger partial charge is 0.359 e. The smallest absolute Gasteiger partial charge is 0.222 e. The third kappa shape index (κ3) is 5.06. The van der Waals surface area contributed by atoms with E-state index in [1.54, 1.807) is 14.2 Å². The first-order valence-corrected chi connectivity index (χ1v) is 6.69. The zero-order valence-corrected chi connectivity index (χ0v) is 12.1.